The Labute approximate surface area is 178 Å². The maximum absolute atomic E-state index is 13.7. The molecule has 0 atom stereocenters. The first-order valence-corrected chi connectivity index (χ1v) is 9.30. The molecule has 0 spiro atoms. The van der Waals surface area contributed by atoms with Crippen molar-refractivity contribution in [1.29, 1.82) is 0 Å². The van der Waals surface area contributed by atoms with Crippen LogP contribution >= 0.6 is 0 Å². The van der Waals surface area contributed by atoms with Crippen LogP contribution in [0.5, 0.6) is 5.75 Å². The Morgan fingerprint density at radius 3 is 2.56 bits per heavy atom. The number of pyridine rings is 1. The van der Waals surface area contributed by atoms with Gasteiger partial charge in [-0.05, 0) is 12.5 Å². The zero-order valence-corrected chi connectivity index (χ0v) is 16.8. The molecule has 4 rings (SSSR count). The summed E-state index contributed by atoms with van der Waals surface area (Å²) in [7, 11) is 1.39. The second-order valence-corrected chi connectivity index (χ2v) is 6.81. The number of anilines is 1. The zero-order valence-electron chi connectivity index (χ0n) is 16.8. The molecular weight excluding hydrogens is 427 g/mol. The zero-order chi connectivity index (χ0) is 23.0. The number of aromatic nitrogens is 4. The summed E-state index contributed by atoms with van der Waals surface area (Å²) in [4.78, 5) is 32.5. The van der Waals surface area contributed by atoms with Crippen LogP contribution < -0.4 is 15.6 Å². The van der Waals surface area contributed by atoms with Crippen LogP contribution in [-0.2, 0) is 6.18 Å². The van der Waals surface area contributed by atoms with E-state index in [1.54, 1.807) is 18.2 Å². The van der Waals surface area contributed by atoms with Gasteiger partial charge in [-0.3, -0.25) is 14.6 Å². The van der Waals surface area contributed by atoms with Crippen molar-refractivity contribution in [2.24, 2.45) is 0 Å². The average Bonchev–Trinajstić information content (AvgIpc) is 3.15. The van der Waals surface area contributed by atoms with Crippen molar-refractivity contribution in [3.63, 3.8) is 0 Å². The molecule has 0 saturated carbocycles. The highest BCUT2D eigenvalue weighted by atomic mass is 19.4. The van der Waals surface area contributed by atoms with Gasteiger partial charge in [-0.1, -0.05) is 30.3 Å². The molecule has 1 aromatic carbocycles. The Balaban J connectivity index is 1.91. The summed E-state index contributed by atoms with van der Waals surface area (Å²) in [6.45, 7) is 1.42. The number of carbonyl (C=O) groups is 1. The maximum atomic E-state index is 13.7. The second kappa shape index (κ2) is 7.84. The van der Waals surface area contributed by atoms with Gasteiger partial charge in [0.25, 0.3) is 11.5 Å². The van der Waals surface area contributed by atoms with E-state index in [2.05, 4.69) is 20.4 Å². The number of carbonyl (C=O) groups excluding carboxylic acids is 1. The van der Waals surface area contributed by atoms with Crippen molar-refractivity contribution in [1.82, 2.24) is 19.6 Å². The van der Waals surface area contributed by atoms with Crippen LogP contribution in [0.1, 0.15) is 21.7 Å². The number of amides is 1. The molecule has 8 nitrogen and oxygen atoms in total. The molecule has 2 N–H and O–H groups in total. The van der Waals surface area contributed by atoms with E-state index in [9.17, 15) is 22.8 Å². The number of hydrogen-bond donors (Lipinski definition) is 2. The number of methoxy groups -OCH3 is 1. The van der Waals surface area contributed by atoms with Crippen molar-refractivity contribution in [3.8, 4) is 16.9 Å². The maximum Gasteiger partial charge on any atom is 0.435 e. The van der Waals surface area contributed by atoms with Crippen molar-refractivity contribution in [2.45, 2.75) is 13.1 Å². The first-order chi connectivity index (χ1) is 15.2. The molecule has 0 aliphatic rings. The van der Waals surface area contributed by atoms with E-state index < -0.39 is 23.3 Å². The van der Waals surface area contributed by atoms with Crippen LogP contribution in [0.4, 0.5) is 18.9 Å². The van der Waals surface area contributed by atoms with E-state index in [0.717, 1.165) is 0 Å². The third kappa shape index (κ3) is 3.57. The predicted octanol–water partition coefficient (Wildman–Crippen LogP) is 3.67. The minimum absolute atomic E-state index is 0.0775. The monoisotopic (exact) mass is 443 g/mol. The number of aromatic amines is 1. The van der Waals surface area contributed by atoms with Crippen molar-refractivity contribution < 1.29 is 22.7 Å². The van der Waals surface area contributed by atoms with E-state index in [1.807, 2.05) is 0 Å². The van der Waals surface area contributed by atoms with Gasteiger partial charge in [0.2, 0.25) is 0 Å². The van der Waals surface area contributed by atoms with Gasteiger partial charge >= 0.3 is 6.18 Å². The molecule has 4 aromatic rings. The number of benzene rings is 1. The van der Waals surface area contributed by atoms with E-state index >= 15 is 0 Å². The summed E-state index contributed by atoms with van der Waals surface area (Å²) in [6, 6.07) is 9.28. The summed E-state index contributed by atoms with van der Waals surface area (Å²) in [6.07, 6.45) is -2.05. The molecule has 0 aliphatic carbocycles. The number of hydrogen-bond acceptors (Lipinski definition) is 5. The Bertz CT molecular complexity index is 1380. The predicted molar refractivity (Wildman–Crippen MR) is 110 cm³/mol. The molecule has 11 heteroatoms. The molecule has 0 bridgehead atoms. The minimum Gasteiger partial charge on any atom is -0.494 e. The van der Waals surface area contributed by atoms with Crippen LogP contribution in [0, 0.1) is 6.92 Å². The Morgan fingerprint density at radius 2 is 1.91 bits per heavy atom. The third-order valence-electron chi connectivity index (χ3n) is 4.78. The molecule has 0 radical (unpaired) electrons. The van der Waals surface area contributed by atoms with Gasteiger partial charge in [0.1, 0.15) is 22.6 Å². The number of aryl methyl sites for hydroxylation is 1. The van der Waals surface area contributed by atoms with Gasteiger partial charge in [-0.2, -0.15) is 22.8 Å². The fourth-order valence-corrected chi connectivity index (χ4v) is 3.37. The molecule has 1 amide bonds. The molecule has 0 unspecified atom stereocenters. The SMILES string of the molecule is COc1ccncc1NC(=O)c1c(C)[nH]c2c(-c3ccccc3)c(C(F)(F)F)nn2c1=O. The summed E-state index contributed by atoms with van der Waals surface area (Å²) < 4.78 is 46.9. The fourth-order valence-electron chi connectivity index (χ4n) is 3.37. The van der Waals surface area contributed by atoms with E-state index in [-0.39, 0.29) is 33.7 Å². The van der Waals surface area contributed by atoms with E-state index in [4.69, 9.17) is 4.74 Å². The fraction of sp³-hybridized carbons (Fsp3) is 0.143. The van der Waals surface area contributed by atoms with Crippen LogP contribution in [0.15, 0.2) is 53.6 Å². The molecule has 3 aromatic heterocycles. The molecule has 0 fully saturated rings. The summed E-state index contributed by atoms with van der Waals surface area (Å²) in [5.74, 6) is -0.546. The van der Waals surface area contributed by atoms with Gasteiger partial charge in [0, 0.05) is 18.0 Å². The Kier molecular flexibility index (Phi) is 5.17. The number of rotatable bonds is 4. The highest BCUT2D eigenvalue weighted by Gasteiger charge is 2.39. The minimum atomic E-state index is -4.82. The van der Waals surface area contributed by atoms with Crippen molar-refractivity contribution >= 4 is 17.2 Å². The topological polar surface area (TPSA) is 101 Å². The first-order valence-electron chi connectivity index (χ1n) is 9.30. The van der Waals surface area contributed by atoms with Crippen LogP contribution in [0.2, 0.25) is 0 Å². The van der Waals surface area contributed by atoms with Crippen LogP contribution in [0.25, 0.3) is 16.8 Å². The highest BCUT2D eigenvalue weighted by molar-refractivity contribution is 6.05. The molecule has 164 valence electrons. The molecule has 0 aliphatic heterocycles. The van der Waals surface area contributed by atoms with Crippen LogP contribution in [-0.4, -0.2) is 32.6 Å². The lowest BCUT2D eigenvalue weighted by atomic mass is 10.1. The largest absolute Gasteiger partial charge is 0.494 e. The van der Waals surface area contributed by atoms with Gasteiger partial charge in [-0.25, -0.2) is 0 Å². The number of fused-ring (bicyclic) bond motifs is 1. The second-order valence-electron chi connectivity index (χ2n) is 6.81. The quantitative estimate of drug-likeness (QED) is 0.501. The molecule has 32 heavy (non-hydrogen) atoms. The van der Waals surface area contributed by atoms with Crippen LogP contribution in [0.3, 0.4) is 0 Å². The van der Waals surface area contributed by atoms with E-state index in [1.165, 1.54) is 44.6 Å². The van der Waals surface area contributed by atoms with Crippen molar-refractivity contribution in [3.05, 3.63) is 76.1 Å². The lowest BCUT2D eigenvalue weighted by Crippen LogP contribution is -2.29. The smallest absolute Gasteiger partial charge is 0.435 e. The third-order valence-corrected chi connectivity index (χ3v) is 4.78. The number of alkyl halides is 3. The number of ether oxygens (including phenoxy) is 1. The normalized spacial score (nSPS) is 11.5. The molecule has 0 saturated heterocycles. The summed E-state index contributed by atoms with van der Waals surface area (Å²) in [5.41, 5.74) is -2.57. The lowest BCUT2D eigenvalue weighted by Gasteiger charge is -2.11. The lowest BCUT2D eigenvalue weighted by molar-refractivity contribution is -0.140. The Morgan fingerprint density at radius 1 is 1.19 bits per heavy atom. The van der Waals surface area contributed by atoms with E-state index in [0.29, 0.717) is 10.3 Å². The number of nitrogens with zero attached hydrogens (tertiary/aromatic N) is 3. The number of H-pyrrole nitrogens is 1. The molecule has 3 heterocycles. The Hall–Kier alpha value is -4.15. The van der Waals surface area contributed by atoms with Gasteiger partial charge in [0.05, 0.1) is 18.9 Å². The summed E-state index contributed by atoms with van der Waals surface area (Å²) >= 11 is 0. The first kappa shape index (κ1) is 21.1. The average molecular weight is 443 g/mol. The van der Waals surface area contributed by atoms with Crippen molar-refractivity contribution in [2.75, 3.05) is 12.4 Å². The standard InChI is InChI=1S/C21H16F3N5O3/c1-11-15(19(30)27-13-10-25-9-8-14(13)32-2)20(31)29-18(26-11)16(12-6-4-3-5-7-12)17(28-29)21(22,23)24/h3-10,26H,1-2H3,(H,27,30). The van der Waals surface area contributed by atoms with Gasteiger partial charge < -0.3 is 15.0 Å². The van der Waals surface area contributed by atoms with Gasteiger partial charge in [-0.15, -0.1) is 0 Å². The molecular formula is C21H16F3N5O3. The number of nitrogens with one attached hydrogen (secondary N) is 2. The summed E-state index contributed by atoms with van der Waals surface area (Å²) in [5, 5.41) is 6.01. The number of halogens is 3. The van der Waals surface area contributed by atoms with Gasteiger partial charge in [0.15, 0.2) is 5.69 Å². The highest BCUT2D eigenvalue weighted by Crippen LogP contribution is 2.38.